The van der Waals surface area contributed by atoms with Crippen LogP contribution in [0.1, 0.15) is 5.56 Å². The summed E-state index contributed by atoms with van der Waals surface area (Å²) >= 11 is 3.24. The van der Waals surface area contributed by atoms with E-state index < -0.39 is 9.84 Å². The van der Waals surface area contributed by atoms with Gasteiger partial charge in [0.25, 0.3) is 0 Å². The number of phenolic OH excluding ortho intramolecular Hbond substituents is 1. The van der Waals surface area contributed by atoms with Crippen LogP contribution in [0, 0.1) is 0 Å². The smallest absolute Gasteiger partial charge is 0.184 e. The lowest BCUT2D eigenvalue weighted by molar-refractivity contribution is 0.475. The van der Waals surface area contributed by atoms with Crippen molar-refractivity contribution in [2.24, 2.45) is 0 Å². The van der Waals surface area contributed by atoms with Crippen molar-refractivity contribution in [2.45, 2.75) is 10.6 Å². The topological polar surface area (TPSA) is 80.4 Å². The van der Waals surface area contributed by atoms with E-state index in [1.54, 1.807) is 24.3 Å². The predicted molar refractivity (Wildman–Crippen MR) is 77.6 cm³/mol. The molecule has 2 rings (SSSR count). The first-order valence-electron chi connectivity index (χ1n) is 5.44. The molecule has 100 valence electrons. The van der Waals surface area contributed by atoms with Gasteiger partial charge in [0.15, 0.2) is 9.84 Å². The van der Waals surface area contributed by atoms with Gasteiger partial charge in [0.05, 0.1) is 16.3 Å². The molecule has 0 aliphatic rings. The quantitative estimate of drug-likeness (QED) is 0.841. The second kappa shape index (κ2) is 5.22. The fraction of sp³-hybridized carbons (Fsp3) is 0.0769. The van der Waals surface area contributed by atoms with Gasteiger partial charge in [-0.05, 0) is 35.9 Å². The monoisotopic (exact) mass is 341 g/mol. The molecule has 6 heteroatoms. The van der Waals surface area contributed by atoms with Crippen molar-refractivity contribution in [1.29, 1.82) is 0 Å². The van der Waals surface area contributed by atoms with Gasteiger partial charge in [-0.2, -0.15) is 0 Å². The van der Waals surface area contributed by atoms with Crippen molar-refractivity contribution in [1.82, 2.24) is 0 Å². The molecule has 0 saturated heterocycles. The summed E-state index contributed by atoms with van der Waals surface area (Å²) in [4.78, 5) is 0.115. The molecule has 0 radical (unpaired) electrons. The van der Waals surface area contributed by atoms with Crippen LogP contribution in [0.5, 0.6) is 5.75 Å². The van der Waals surface area contributed by atoms with Gasteiger partial charge < -0.3 is 10.8 Å². The number of sulfone groups is 1. The van der Waals surface area contributed by atoms with E-state index in [0.717, 1.165) is 4.47 Å². The molecule has 0 aliphatic carbocycles. The third-order valence-corrected chi connectivity index (χ3v) is 4.85. The number of hydrogen-bond acceptors (Lipinski definition) is 4. The Bertz CT molecular complexity index is 696. The molecule has 0 saturated carbocycles. The Morgan fingerprint density at radius 1 is 1.11 bits per heavy atom. The van der Waals surface area contributed by atoms with Crippen LogP contribution in [0.15, 0.2) is 51.8 Å². The van der Waals surface area contributed by atoms with Gasteiger partial charge in [0.1, 0.15) is 5.75 Å². The molecule has 4 nitrogen and oxygen atoms in total. The van der Waals surface area contributed by atoms with Crippen molar-refractivity contribution in [3.63, 3.8) is 0 Å². The molecule has 0 bridgehead atoms. The van der Waals surface area contributed by atoms with Crippen molar-refractivity contribution in [3.8, 4) is 5.75 Å². The van der Waals surface area contributed by atoms with E-state index in [4.69, 9.17) is 5.73 Å². The van der Waals surface area contributed by atoms with E-state index in [2.05, 4.69) is 15.9 Å². The maximum absolute atomic E-state index is 12.3. The molecule has 0 atom stereocenters. The van der Waals surface area contributed by atoms with Crippen LogP contribution in [-0.4, -0.2) is 13.5 Å². The second-order valence-corrected chi connectivity index (χ2v) is 6.98. The lowest BCUT2D eigenvalue weighted by atomic mass is 10.2. The van der Waals surface area contributed by atoms with Gasteiger partial charge in [0.2, 0.25) is 0 Å². The van der Waals surface area contributed by atoms with Gasteiger partial charge in [-0.1, -0.05) is 28.1 Å². The molecule has 0 heterocycles. The SMILES string of the molecule is Nc1cc(Br)ccc1S(=O)(=O)Cc1ccc(O)cc1. The molecule has 0 aliphatic heterocycles. The van der Waals surface area contributed by atoms with E-state index in [-0.39, 0.29) is 22.1 Å². The minimum atomic E-state index is -3.50. The molecule has 0 fully saturated rings. The molecule has 0 amide bonds. The molecule has 2 aromatic rings. The summed E-state index contributed by atoms with van der Waals surface area (Å²) < 4.78 is 25.3. The minimum Gasteiger partial charge on any atom is -0.508 e. The minimum absolute atomic E-state index is 0.101. The lowest BCUT2D eigenvalue weighted by Crippen LogP contribution is -2.07. The fourth-order valence-electron chi connectivity index (χ4n) is 1.69. The van der Waals surface area contributed by atoms with E-state index in [9.17, 15) is 13.5 Å². The number of nitrogens with two attached hydrogens (primary N) is 1. The standard InChI is InChI=1S/C13H12BrNO3S/c14-10-3-6-13(12(15)7-10)19(17,18)8-9-1-4-11(16)5-2-9/h1-7,16H,8,15H2. The van der Waals surface area contributed by atoms with Gasteiger partial charge >= 0.3 is 0 Å². The van der Waals surface area contributed by atoms with Crippen molar-refractivity contribution in [2.75, 3.05) is 5.73 Å². The van der Waals surface area contributed by atoms with Crippen LogP contribution in [0.2, 0.25) is 0 Å². The second-order valence-electron chi connectivity index (χ2n) is 4.11. The number of halogens is 1. The van der Waals surface area contributed by atoms with Gasteiger partial charge in [0, 0.05) is 4.47 Å². The van der Waals surface area contributed by atoms with Crippen LogP contribution in [0.4, 0.5) is 5.69 Å². The van der Waals surface area contributed by atoms with Gasteiger partial charge in [-0.3, -0.25) is 0 Å². The highest BCUT2D eigenvalue weighted by Gasteiger charge is 2.18. The van der Waals surface area contributed by atoms with Crippen LogP contribution >= 0.6 is 15.9 Å². The summed E-state index contributed by atoms with van der Waals surface area (Å²) in [6, 6.07) is 10.7. The van der Waals surface area contributed by atoms with Crippen LogP contribution < -0.4 is 5.73 Å². The molecular weight excluding hydrogens is 330 g/mol. The van der Waals surface area contributed by atoms with E-state index in [0.29, 0.717) is 5.56 Å². The zero-order valence-corrected chi connectivity index (χ0v) is 12.3. The summed E-state index contributed by atoms with van der Waals surface area (Å²) in [5.74, 6) is -0.0525. The maximum Gasteiger partial charge on any atom is 0.184 e. The number of anilines is 1. The first-order valence-corrected chi connectivity index (χ1v) is 7.89. The molecule has 0 spiro atoms. The third kappa shape index (κ3) is 3.27. The molecule has 19 heavy (non-hydrogen) atoms. The van der Waals surface area contributed by atoms with Gasteiger partial charge in [-0.15, -0.1) is 0 Å². The average Bonchev–Trinajstić information content (AvgIpc) is 2.31. The Kier molecular flexibility index (Phi) is 3.82. The molecule has 2 aromatic carbocycles. The van der Waals surface area contributed by atoms with Crippen molar-refractivity contribution < 1.29 is 13.5 Å². The molecule has 0 unspecified atom stereocenters. The zero-order valence-electron chi connectivity index (χ0n) is 9.88. The third-order valence-electron chi connectivity index (χ3n) is 2.60. The van der Waals surface area contributed by atoms with E-state index in [1.165, 1.54) is 18.2 Å². The number of nitrogen functional groups attached to an aromatic ring is 1. The molecule has 3 N–H and O–H groups in total. The van der Waals surface area contributed by atoms with Crippen LogP contribution in [0.25, 0.3) is 0 Å². The fourth-order valence-corrected chi connectivity index (χ4v) is 3.55. The Hall–Kier alpha value is -1.53. The normalized spacial score (nSPS) is 11.4. The van der Waals surface area contributed by atoms with Crippen molar-refractivity contribution >= 4 is 31.5 Å². The highest BCUT2D eigenvalue weighted by Crippen LogP contribution is 2.26. The van der Waals surface area contributed by atoms with Gasteiger partial charge in [-0.25, -0.2) is 8.42 Å². The molecular formula is C13H12BrNO3S. The largest absolute Gasteiger partial charge is 0.508 e. The number of hydrogen-bond donors (Lipinski definition) is 2. The van der Waals surface area contributed by atoms with Crippen molar-refractivity contribution in [3.05, 3.63) is 52.5 Å². The predicted octanol–water partition coefficient (Wildman–Crippen LogP) is 2.71. The number of benzene rings is 2. The summed E-state index contributed by atoms with van der Waals surface area (Å²) in [5.41, 5.74) is 6.55. The average molecular weight is 342 g/mol. The Morgan fingerprint density at radius 2 is 1.74 bits per heavy atom. The summed E-state index contributed by atoms with van der Waals surface area (Å²) in [6.07, 6.45) is 0. The first-order chi connectivity index (χ1) is 8.88. The number of phenols is 1. The summed E-state index contributed by atoms with van der Waals surface area (Å²) in [5, 5.41) is 9.17. The summed E-state index contributed by atoms with van der Waals surface area (Å²) in [6.45, 7) is 0. The molecule has 0 aromatic heterocycles. The lowest BCUT2D eigenvalue weighted by Gasteiger charge is -2.08. The zero-order chi connectivity index (χ0) is 14.0. The summed E-state index contributed by atoms with van der Waals surface area (Å²) in [7, 11) is -3.50. The Morgan fingerprint density at radius 3 is 2.32 bits per heavy atom. The van der Waals surface area contributed by atoms with Crippen LogP contribution in [-0.2, 0) is 15.6 Å². The van der Waals surface area contributed by atoms with E-state index in [1.807, 2.05) is 0 Å². The Labute approximate surface area is 119 Å². The highest BCUT2D eigenvalue weighted by atomic mass is 79.9. The first kappa shape index (κ1) is 13.9. The van der Waals surface area contributed by atoms with Crippen LogP contribution in [0.3, 0.4) is 0 Å². The Balaban J connectivity index is 2.35. The number of rotatable bonds is 3. The maximum atomic E-state index is 12.3. The number of aromatic hydroxyl groups is 1. The highest BCUT2D eigenvalue weighted by molar-refractivity contribution is 9.10. The van der Waals surface area contributed by atoms with E-state index >= 15 is 0 Å².